The summed E-state index contributed by atoms with van der Waals surface area (Å²) in [7, 11) is 1.60. The molecular formula is C27H24N2O3S. The highest BCUT2D eigenvalue weighted by Crippen LogP contribution is 2.26. The van der Waals surface area contributed by atoms with Crippen LogP contribution in [0.3, 0.4) is 0 Å². The fourth-order valence-corrected chi connectivity index (χ4v) is 4.58. The van der Waals surface area contributed by atoms with Gasteiger partial charge in [-0.15, -0.1) is 0 Å². The molecule has 1 heterocycles. The summed E-state index contributed by atoms with van der Waals surface area (Å²) in [4.78, 5) is 31.9. The summed E-state index contributed by atoms with van der Waals surface area (Å²) >= 11 is 1.29. The first-order valence-electron chi connectivity index (χ1n) is 10.6. The van der Waals surface area contributed by atoms with Crippen molar-refractivity contribution in [1.29, 1.82) is 0 Å². The quantitative estimate of drug-likeness (QED) is 0.402. The van der Waals surface area contributed by atoms with Crippen LogP contribution in [-0.4, -0.2) is 17.6 Å². The molecule has 5 nitrogen and oxygen atoms in total. The maximum atomic E-state index is 13.4. The van der Waals surface area contributed by atoms with E-state index in [-0.39, 0.29) is 11.5 Å². The Balaban J connectivity index is 2.00. The largest absolute Gasteiger partial charge is 0.497 e. The van der Waals surface area contributed by atoms with Crippen molar-refractivity contribution in [2.75, 3.05) is 7.11 Å². The number of hydrogen-bond donors (Lipinski definition) is 0. The number of aromatic nitrogens is 1. The minimum Gasteiger partial charge on any atom is -0.497 e. The van der Waals surface area contributed by atoms with E-state index >= 15 is 0 Å². The molecular weight excluding hydrogens is 432 g/mol. The number of hydrogen-bond acceptors (Lipinski definition) is 4. The Morgan fingerprint density at radius 3 is 2.39 bits per heavy atom. The number of methoxy groups -OCH3 is 1. The van der Waals surface area contributed by atoms with Crippen LogP contribution in [0.4, 0.5) is 0 Å². The Morgan fingerprint density at radius 1 is 0.939 bits per heavy atom. The molecule has 0 radical (unpaired) electrons. The maximum absolute atomic E-state index is 13.4. The van der Waals surface area contributed by atoms with Crippen molar-refractivity contribution in [3.05, 3.63) is 111 Å². The predicted octanol–water partition coefficient (Wildman–Crippen LogP) is 5.44. The maximum Gasteiger partial charge on any atom is 0.279 e. The summed E-state index contributed by atoms with van der Waals surface area (Å²) in [6.45, 7) is 4.15. The number of ether oxygens (including phenoxy) is 1. The van der Waals surface area contributed by atoms with Crippen LogP contribution in [0.15, 0.2) is 94.7 Å². The molecule has 0 fully saturated rings. The van der Waals surface area contributed by atoms with E-state index in [0.29, 0.717) is 21.0 Å². The summed E-state index contributed by atoms with van der Waals surface area (Å²) < 4.78 is 6.87. The fourth-order valence-electron chi connectivity index (χ4n) is 3.57. The molecule has 0 atom stereocenters. The molecule has 0 aliphatic rings. The molecule has 4 rings (SSSR count). The molecule has 166 valence electrons. The standard InChI is InChI=1S/C27H24N2O3S/c1-18(2)22-14-7-8-15-23(22)29-25(30)17-24(20-12-9-13-21(16-20)32-3)33-27(29)28-26(31)19-10-5-4-6-11-19/h4-18H,1-3H3. The Hall–Kier alpha value is -3.77. The third-order valence-corrected chi connectivity index (χ3v) is 6.27. The molecule has 1 aromatic heterocycles. The molecule has 6 heteroatoms. The van der Waals surface area contributed by atoms with Crippen molar-refractivity contribution in [2.45, 2.75) is 19.8 Å². The number of carbonyl (C=O) groups is 1. The van der Waals surface area contributed by atoms with Crippen molar-refractivity contribution in [3.63, 3.8) is 0 Å². The lowest BCUT2D eigenvalue weighted by Gasteiger charge is -2.15. The summed E-state index contributed by atoms with van der Waals surface area (Å²) in [5.41, 5.74) is 2.77. The first kappa shape index (κ1) is 22.4. The van der Waals surface area contributed by atoms with E-state index in [9.17, 15) is 9.59 Å². The number of amides is 1. The van der Waals surface area contributed by atoms with Gasteiger partial charge in [0.2, 0.25) is 4.80 Å². The van der Waals surface area contributed by atoms with Gasteiger partial charge in [-0.25, -0.2) is 0 Å². The second-order valence-corrected chi connectivity index (χ2v) is 8.80. The minimum atomic E-state index is -0.398. The second kappa shape index (κ2) is 9.79. The van der Waals surface area contributed by atoms with Crippen LogP contribution in [0.1, 0.15) is 35.7 Å². The van der Waals surface area contributed by atoms with Crippen LogP contribution in [0.25, 0.3) is 16.1 Å². The highest BCUT2D eigenvalue weighted by atomic mass is 32.1. The molecule has 0 saturated heterocycles. The molecule has 33 heavy (non-hydrogen) atoms. The summed E-state index contributed by atoms with van der Waals surface area (Å²) in [5.74, 6) is 0.478. The van der Waals surface area contributed by atoms with Gasteiger partial charge in [0.1, 0.15) is 5.75 Å². The van der Waals surface area contributed by atoms with Crippen LogP contribution in [-0.2, 0) is 0 Å². The van der Waals surface area contributed by atoms with Crippen molar-refractivity contribution >= 4 is 17.2 Å². The van der Waals surface area contributed by atoms with E-state index in [0.717, 1.165) is 16.8 Å². The highest BCUT2D eigenvalue weighted by molar-refractivity contribution is 7.12. The Bertz CT molecular complexity index is 1420. The van der Waals surface area contributed by atoms with Crippen molar-refractivity contribution in [3.8, 4) is 21.9 Å². The van der Waals surface area contributed by atoms with Gasteiger partial charge in [0.25, 0.3) is 11.5 Å². The normalized spacial score (nSPS) is 11.6. The van der Waals surface area contributed by atoms with Gasteiger partial charge in [-0.2, -0.15) is 4.99 Å². The lowest BCUT2D eigenvalue weighted by atomic mass is 10.0. The van der Waals surface area contributed by atoms with Crippen molar-refractivity contribution in [1.82, 2.24) is 4.57 Å². The first-order chi connectivity index (χ1) is 16.0. The lowest BCUT2D eigenvalue weighted by Crippen LogP contribution is -2.31. The van der Waals surface area contributed by atoms with E-state index in [4.69, 9.17) is 4.74 Å². The Labute approximate surface area is 196 Å². The summed E-state index contributed by atoms with van der Waals surface area (Å²) in [6.07, 6.45) is 0. The number of nitrogens with zero attached hydrogens (tertiary/aromatic N) is 2. The third-order valence-electron chi connectivity index (χ3n) is 5.24. The predicted molar refractivity (Wildman–Crippen MR) is 132 cm³/mol. The zero-order valence-corrected chi connectivity index (χ0v) is 19.5. The smallest absolute Gasteiger partial charge is 0.279 e. The fraction of sp³-hybridized carbons (Fsp3) is 0.148. The van der Waals surface area contributed by atoms with Crippen LogP contribution in [0.2, 0.25) is 0 Å². The number of benzene rings is 3. The van der Waals surface area contributed by atoms with Gasteiger partial charge in [-0.3, -0.25) is 14.2 Å². The zero-order chi connectivity index (χ0) is 23.4. The van der Waals surface area contributed by atoms with Crippen LogP contribution >= 0.6 is 11.3 Å². The van der Waals surface area contributed by atoms with Gasteiger partial charge in [0.15, 0.2) is 0 Å². The number of carbonyl (C=O) groups excluding carboxylic acids is 1. The van der Waals surface area contributed by atoms with E-state index in [1.807, 2.05) is 54.6 Å². The van der Waals surface area contributed by atoms with Crippen LogP contribution in [0.5, 0.6) is 5.75 Å². The van der Waals surface area contributed by atoms with Gasteiger partial charge < -0.3 is 4.74 Å². The SMILES string of the molecule is COc1cccc(-c2cc(=O)n(-c3ccccc3C(C)C)c(=NC(=O)c3ccccc3)s2)c1. The molecule has 1 amide bonds. The topological polar surface area (TPSA) is 60.7 Å². The molecule has 0 spiro atoms. The molecule has 4 aromatic rings. The molecule has 0 bridgehead atoms. The molecule has 0 aliphatic carbocycles. The monoisotopic (exact) mass is 456 g/mol. The van der Waals surface area contributed by atoms with Crippen molar-refractivity contribution in [2.24, 2.45) is 4.99 Å². The summed E-state index contributed by atoms with van der Waals surface area (Å²) in [6, 6.07) is 25.6. The summed E-state index contributed by atoms with van der Waals surface area (Å²) in [5, 5.41) is 0. The molecule has 0 saturated carbocycles. The van der Waals surface area contributed by atoms with E-state index in [1.165, 1.54) is 15.9 Å². The average molecular weight is 457 g/mol. The average Bonchev–Trinajstić information content (AvgIpc) is 2.84. The minimum absolute atomic E-state index is 0.189. The molecule has 0 N–H and O–H groups in total. The number of rotatable bonds is 5. The van der Waals surface area contributed by atoms with Gasteiger partial charge in [-0.1, -0.05) is 73.7 Å². The van der Waals surface area contributed by atoms with Gasteiger partial charge >= 0.3 is 0 Å². The lowest BCUT2D eigenvalue weighted by molar-refractivity contribution is 0.0998. The molecule has 0 aliphatic heterocycles. The van der Waals surface area contributed by atoms with E-state index < -0.39 is 5.91 Å². The number of para-hydroxylation sites is 1. The van der Waals surface area contributed by atoms with Crippen LogP contribution in [0, 0.1) is 0 Å². The Kier molecular flexibility index (Phi) is 6.66. The van der Waals surface area contributed by atoms with Gasteiger partial charge in [-0.05, 0) is 47.4 Å². The molecule has 3 aromatic carbocycles. The molecule has 0 unspecified atom stereocenters. The zero-order valence-electron chi connectivity index (χ0n) is 18.7. The first-order valence-corrected chi connectivity index (χ1v) is 11.4. The van der Waals surface area contributed by atoms with Crippen molar-refractivity contribution < 1.29 is 9.53 Å². The van der Waals surface area contributed by atoms with Gasteiger partial charge in [0, 0.05) is 16.5 Å². The van der Waals surface area contributed by atoms with Gasteiger partial charge in [0.05, 0.1) is 12.8 Å². The van der Waals surface area contributed by atoms with E-state index in [1.54, 1.807) is 37.4 Å². The Morgan fingerprint density at radius 2 is 1.67 bits per heavy atom. The highest BCUT2D eigenvalue weighted by Gasteiger charge is 2.15. The van der Waals surface area contributed by atoms with Crippen LogP contribution < -0.4 is 15.1 Å². The third kappa shape index (κ3) is 4.86. The van der Waals surface area contributed by atoms with E-state index in [2.05, 4.69) is 18.8 Å². The second-order valence-electron chi connectivity index (χ2n) is 7.80.